The first kappa shape index (κ1) is 17.9. The van der Waals surface area contributed by atoms with E-state index in [4.69, 9.17) is 0 Å². The molecule has 0 saturated carbocycles. The first-order chi connectivity index (χ1) is 8.55. The molecule has 0 saturated heterocycles. The molecule has 0 spiro atoms. The molecule has 0 aromatic rings. The second kappa shape index (κ2) is 6.89. The average Bonchev–Trinajstić information content (AvgIpc) is 2.24. The Morgan fingerprint density at radius 3 is 1.79 bits per heavy atom. The van der Waals surface area contributed by atoms with Crippen molar-refractivity contribution in [1.29, 1.82) is 0 Å². The number of carboxylic acid groups (broad SMARTS) is 1. The van der Waals surface area contributed by atoms with Gasteiger partial charge in [-0.1, -0.05) is 6.92 Å². The number of nitrogens with zero attached hydrogens (tertiary/aromatic N) is 2. The van der Waals surface area contributed by atoms with Gasteiger partial charge in [-0.05, 0) is 48.1 Å². The van der Waals surface area contributed by atoms with Gasteiger partial charge in [0.25, 0.3) is 0 Å². The number of rotatable bonds is 7. The van der Waals surface area contributed by atoms with Crippen LogP contribution in [-0.2, 0) is 9.59 Å². The molecule has 0 radical (unpaired) electrons. The molecule has 0 fully saturated rings. The van der Waals surface area contributed by atoms with Gasteiger partial charge in [-0.25, -0.2) is 0 Å². The summed E-state index contributed by atoms with van der Waals surface area (Å²) in [6.45, 7) is 13.6. The Balaban J connectivity index is 4.99. The lowest BCUT2D eigenvalue weighted by molar-refractivity contribution is -0.151. The third-order valence-electron chi connectivity index (χ3n) is 3.42. The molecule has 19 heavy (non-hydrogen) atoms. The molecule has 0 aromatic heterocycles. The van der Waals surface area contributed by atoms with E-state index in [2.05, 4.69) is 0 Å². The predicted molar refractivity (Wildman–Crippen MR) is 76.1 cm³/mol. The number of likely N-dealkylation sites (N-methyl/N-ethyl adjacent to an activating group) is 1. The Kier molecular flexibility index (Phi) is 6.49. The summed E-state index contributed by atoms with van der Waals surface area (Å²) in [6, 6.07) is 0.221. The molecule has 0 aliphatic rings. The summed E-state index contributed by atoms with van der Waals surface area (Å²) in [5.41, 5.74) is -1.04. The van der Waals surface area contributed by atoms with Gasteiger partial charge in [0.2, 0.25) is 5.91 Å². The largest absolute Gasteiger partial charge is 0.480 e. The number of hydrogen-bond acceptors (Lipinski definition) is 3. The number of hydrogen-bond donors (Lipinski definition) is 1. The van der Waals surface area contributed by atoms with Crippen molar-refractivity contribution in [3.63, 3.8) is 0 Å². The van der Waals surface area contributed by atoms with E-state index in [1.807, 2.05) is 34.6 Å². The van der Waals surface area contributed by atoms with E-state index in [-0.39, 0.29) is 24.5 Å². The molecule has 112 valence electrons. The van der Waals surface area contributed by atoms with Gasteiger partial charge in [-0.15, -0.1) is 0 Å². The second-order valence-corrected chi connectivity index (χ2v) is 5.87. The summed E-state index contributed by atoms with van der Waals surface area (Å²) in [6.07, 6.45) is 0. The fourth-order valence-electron chi connectivity index (χ4n) is 2.26. The minimum Gasteiger partial charge on any atom is -0.480 e. The molecule has 0 atom stereocenters. The van der Waals surface area contributed by atoms with Crippen LogP contribution < -0.4 is 0 Å². The quantitative estimate of drug-likeness (QED) is 0.768. The summed E-state index contributed by atoms with van der Waals surface area (Å²) >= 11 is 0. The molecule has 5 heteroatoms. The Morgan fingerprint density at radius 2 is 1.53 bits per heavy atom. The Morgan fingerprint density at radius 1 is 1.11 bits per heavy atom. The van der Waals surface area contributed by atoms with Crippen molar-refractivity contribution < 1.29 is 14.7 Å². The van der Waals surface area contributed by atoms with Gasteiger partial charge >= 0.3 is 5.97 Å². The highest BCUT2D eigenvalue weighted by Crippen LogP contribution is 2.16. The minimum atomic E-state index is -1.04. The van der Waals surface area contributed by atoms with Crippen LogP contribution in [0.1, 0.15) is 48.5 Å². The van der Waals surface area contributed by atoms with Crippen molar-refractivity contribution >= 4 is 11.9 Å². The molecule has 1 N–H and O–H groups in total. The lowest BCUT2D eigenvalue weighted by Crippen LogP contribution is -2.55. The van der Waals surface area contributed by atoms with E-state index in [0.29, 0.717) is 6.54 Å². The molecular formula is C14H28N2O3. The van der Waals surface area contributed by atoms with Crippen LogP contribution in [-0.4, -0.2) is 57.5 Å². The van der Waals surface area contributed by atoms with E-state index in [9.17, 15) is 14.7 Å². The maximum absolute atomic E-state index is 12.4. The number of carbonyl (C=O) groups excluding carboxylic acids is 1. The van der Waals surface area contributed by atoms with E-state index in [0.717, 1.165) is 0 Å². The molecule has 0 heterocycles. The van der Waals surface area contributed by atoms with Crippen LogP contribution in [0.3, 0.4) is 0 Å². The van der Waals surface area contributed by atoms with E-state index in [1.165, 1.54) is 0 Å². The minimum absolute atomic E-state index is 0.0267. The van der Waals surface area contributed by atoms with Crippen LogP contribution in [0, 0.1) is 0 Å². The second-order valence-electron chi connectivity index (χ2n) is 5.87. The molecule has 0 unspecified atom stereocenters. The zero-order valence-corrected chi connectivity index (χ0v) is 13.2. The highest BCUT2D eigenvalue weighted by molar-refractivity contribution is 5.82. The topological polar surface area (TPSA) is 60.9 Å². The first-order valence-electron chi connectivity index (χ1n) is 6.85. The number of carboxylic acids is 1. The van der Waals surface area contributed by atoms with Crippen molar-refractivity contribution in [3.8, 4) is 0 Å². The lowest BCUT2D eigenvalue weighted by atomic mass is 10.0. The van der Waals surface area contributed by atoms with Gasteiger partial charge in [-0.3, -0.25) is 14.5 Å². The van der Waals surface area contributed by atoms with Gasteiger partial charge in [-0.2, -0.15) is 0 Å². The van der Waals surface area contributed by atoms with Crippen LogP contribution in [0.5, 0.6) is 0 Å². The van der Waals surface area contributed by atoms with Gasteiger partial charge in [0.05, 0.1) is 6.54 Å². The first-order valence-corrected chi connectivity index (χ1v) is 6.85. The van der Waals surface area contributed by atoms with Crippen LogP contribution in [0.2, 0.25) is 0 Å². The molecule has 5 nitrogen and oxygen atoms in total. The van der Waals surface area contributed by atoms with Crippen LogP contribution >= 0.6 is 0 Å². The highest BCUT2D eigenvalue weighted by Gasteiger charge is 2.36. The molecule has 0 rings (SSSR count). The van der Waals surface area contributed by atoms with E-state index < -0.39 is 11.5 Å². The van der Waals surface area contributed by atoms with Gasteiger partial charge in [0.1, 0.15) is 5.54 Å². The molecule has 0 aliphatic carbocycles. The third kappa shape index (κ3) is 4.49. The number of amides is 1. The maximum Gasteiger partial charge on any atom is 0.323 e. The summed E-state index contributed by atoms with van der Waals surface area (Å²) in [4.78, 5) is 27.1. The zero-order valence-electron chi connectivity index (χ0n) is 13.2. The van der Waals surface area contributed by atoms with Crippen LogP contribution in [0.25, 0.3) is 0 Å². The summed E-state index contributed by atoms with van der Waals surface area (Å²) in [5.74, 6) is -0.941. The monoisotopic (exact) mass is 272 g/mol. The van der Waals surface area contributed by atoms with Crippen LogP contribution in [0.4, 0.5) is 0 Å². The van der Waals surface area contributed by atoms with Crippen molar-refractivity contribution in [2.45, 2.75) is 66.1 Å². The highest BCUT2D eigenvalue weighted by atomic mass is 16.4. The zero-order chi connectivity index (χ0) is 15.4. The maximum atomic E-state index is 12.4. The number of carbonyl (C=O) groups is 2. The fraction of sp³-hybridized carbons (Fsp3) is 0.857. The van der Waals surface area contributed by atoms with Crippen molar-refractivity contribution in [1.82, 2.24) is 9.80 Å². The van der Waals surface area contributed by atoms with Crippen molar-refractivity contribution in [2.24, 2.45) is 0 Å². The summed E-state index contributed by atoms with van der Waals surface area (Å²) in [5, 5.41) is 9.25. The lowest BCUT2D eigenvalue weighted by Gasteiger charge is -2.37. The van der Waals surface area contributed by atoms with Crippen molar-refractivity contribution in [3.05, 3.63) is 0 Å². The summed E-state index contributed by atoms with van der Waals surface area (Å²) < 4.78 is 0. The molecule has 1 amide bonds. The van der Waals surface area contributed by atoms with Crippen molar-refractivity contribution in [2.75, 3.05) is 13.1 Å². The van der Waals surface area contributed by atoms with Gasteiger partial charge < -0.3 is 10.0 Å². The molecule has 0 bridgehead atoms. The Hall–Kier alpha value is -1.10. The fourth-order valence-corrected chi connectivity index (χ4v) is 2.26. The smallest absolute Gasteiger partial charge is 0.323 e. The molecule has 0 aromatic carbocycles. The summed E-state index contributed by atoms with van der Waals surface area (Å²) in [7, 11) is 0. The van der Waals surface area contributed by atoms with Gasteiger partial charge in [0.15, 0.2) is 0 Å². The average molecular weight is 272 g/mol. The SMILES string of the molecule is CCN(CC(=O)N(C(C)C)C(C)C)C(C)(C)C(=O)O. The van der Waals surface area contributed by atoms with Gasteiger partial charge in [0, 0.05) is 12.1 Å². The normalized spacial score (nSPS) is 12.3. The van der Waals surface area contributed by atoms with E-state index in [1.54, 1.807) is 23.6 Å². The number of aliphatic carboxylic acids is 1. The third-order valence-corrected chi connectivity index (χ3v) is 3.42. The molecular weight excluding hydrogens is 244 g/mol. The standard InChI is InChI=1S/C14H28N2O3/c1-8-15(14(6,7)13(18)19)9-12(17)16(10(2)3)11(4)5/h10-11H,8-9H2,1-7H3,(H,18,19). The van der Waals surface area contributed by atoms with E-state index >= 15 is 0 Å². The van der Waals surface area contributed by atoms with Crippen LogP contribution in [0.15, 0.2) is 0 Å². The predicted octanol–water partition coefficient (Wildman–Crippen LogP) is 1.82. The Labute approximate surface area is 116 Å². The Bertz CT molecular complexity index is 317. The molecule has 0 aliphatic heterocycles.